The molecule has 1 atom stereocenters. The summed E-state index contributed by atoms with van der Waals surface area (Å²) in [5.41, 5.74) is 0.907. The largest absolute Gasteiger partial charge is 0.481 e. The number of carbonyl (C=O) groups excluding carboxylic acids is 1. The van der Waals surface area contributed by atoms with E-state index < -0.39 is 12.1 Å². The minimum absolute atomic E-state index is 0.0385. The molecule has 2 saturated carbocycles. The zero-order valence-corrected chi connectivity index (χ0v) is 11.0. The van der Waals surface area contributed by atoms with Gasteiger partial charge in [-0.25, -0.2) is 4.79 Å². The molecule has 1 aromatic carbocycles. The summed E-state index contributed by atoms with van der Waals surface area (Å²) in [5.74, 6) is -0.920. The molecule has 0 radical (unpaired) electrons. The van der Waals surface area contributed by atoms with E-state index in [9.17, 15) is 9.59 Å². The lowest BCUT2D eigenvalue weighted by Crippen LogP contribution is -2.46. The van der Waals surface area contributed by atoms with Crippen LogP contribution in [0.5, 0.6) is 0 Å². The standard InChI is InChI=1S/C15H17NO4/c17-13(18)12-8-15(12)6-11(7-15)16-14(19)20-9-10-4-2-1-3-5-10/h1-5,11-12H,6-9H2,(H,16,19)(H,17,18). The maximum atomic E-state index is 11.6. The van der Waals surface area contributed by atoms with Crippen LogP contribution in [0, 0.1) is 11.3 Å². The summed E-state index contributed by atoms with van der Waals surface area (Å²) in [5, 5.41) is 11.7. The van der Waals surface area contributed by atoms with E-state index in [4.69, 9.17) is 9.84 Å². The Bertz CT molecular complexity index is 522. The van der Waals surface area contributed by atoms with Gasteiger partial charge in [0.2, 0.25) is 0 Å². The molecule has 0 bridgehead atoms. The van der Waals surface area contributed by atoms with Crippen LogP contribution in [0.25, 0.3) is 0 Å². The van der Waals surface area contributed by atoms with Crippen molar-refractivity contribution in [2.45, 2.75) is 31.9 Å². The number of rotatable bonds is 4. The molecule has 0 aliphatic heterocycles. The first kappa shape index (κ1) is 13.0. The Morgan fingerprint density at radius 1 is 1.25 bits per heavy atom. The number of nitrogens with one attached hydrogen (secondary N) is 1. The van der Waals surface area contributed by atoms with Crippen molar-refractivity contribution in [2.75, 3.05) is 0 Å². The summed E-state index contributed by atoms with van der Waals surface area (Å²) in [4.78, 5) is 22.5. The molecule has 2 fully saturated rings. The van der Waals surface area contributed by atoms with E-state index in [0.717, 1.165) is 24.8 Å². The lowest BCUT2D eigenvalue weighted by molar-refractivity contribution is -0.140. The third-order valence-corrected chi connectivity index (χ3v) is 4.33. The van der Waals surface area contributed by atoms with E-state index in [1.807, 2.05) is 30.3 Å². The van der Waals surface area contributed by atoms with Gasteiger partial charge in [-0.15, -0.1) is 0 Å². The van der Waals surface area contributed by atoms with Crippen molar-refractivity contribution in [1.82, 2.24) is 5.32 Å². The Kier molecular flexibility index (Phi) is 3.12. The first-order valence-corrected chi connectivity index (χ1v) is 6.79. The molecule has 0 saturated heterocycles. The molecule has 1 amide bonds. The first-order chi connectivity index (χ1) is 9.59. The van der Waals surface area contributed by atoms with Crippen LogP contribution in [0.15, 0.2) is 30.3 Å². The summed E-state index contributed by atoms with van der Waals surface area (Å²) in [6, 6.07) is 9.55. The number of amides is 1. The third-order valence-electron chi connectivity index (χ3n) is 4.33. The van der Waals surface area contributed by atoms with Gasteiger partial charge in [0, 0.05) is 6.04 Å². The fourth-order valence-electron chi connectivity index (χ4n) is 3.10. The summed E-state index contributed by atoms with van der Waals surface area (Å²) in [7, 11) is 0. The molecular formula is C15H17NO4. The van der Waals surface area contributed by atoms with Crippen molar-refractivity contribution in [2.24, 2.45) is 11.3 Å². The highest BCUT2D eigenvalue weighted by atomic mass is 16.5. The quantitative estimate of drug-likeness (QED) is 0.883. The minimum Gasteiger partial charge on any atom is -0.481 e. The summed E-state index contributed by atoms with van der Waals surface area (Å²) in [6.07, 6.45) is 1.83. The number of aliphatic carboxylic acids is 1. The summed E-state index contributed by atoms with van der Waals surface area (Å²) < 4.78 is 5.13. The Hall–Kier alpha value is -2.04. The molecule has 0 heterocycles. The van der Waals surface area contributed by atoms with Gasteiger partial charge in [-0.1, -0.05) is 30.3 Å². The van der Waals surface area contributed by atoms with Gasteiger partial charge in [0.15, 0.2) is 0 Å². The monoisotopic (exact) mass is 275 g/mol. The zero-order chi connectivity index (χ0) is 14.2. The van der Waals surface area contributed by atoms with Crippen molar-refractivity contribution in [1.29, 1.82) is 0 Å². The highest BCUT2D eigenvalue weighted by Gasteiger charge is 2.65. The van der Waals surface area contributed by atoms with Crippen LogP contribution in [0.1, 0.15) is 24.8 Å². The van der Waals surface area contributed by atoms with E-state index >= 15 is 0 Å². The van der Waals surface area contributed by atoms with Crippen LogP contribution in [0.2, 0.25) is 0 Å². The van der Waals surface area contributed by atoms with Crippen molar-refractivity contribution in [3.63, 3.8) is 0 Å². The fraction of sp³-hybridized carbons (Fsp3) is 0.467. The average Bonchev–Trinajstić information content (AvgIpc) is 3.13. The molecular weight excluding hydrogens is 258 g/mol. The molecule has 2 aliphatic carbocycles. The highest BCUT2D eigenvalue weighted by molar-refractivity contribution is 5.75. The molecule has 2 aliphatic rings. The molecule has 0 aromatic heterocycles. The van der Waals surface area contributed by atoms with Crippen molar-refractivity contribution < 1.29 is 19.4 Å². The average molecular weight is 275 g/mol. The van der Waals surface area contributed by atoms with Gasteiger partial charge in [0.1, 0.15) is 6.61 Å². The number of benzene rings is 1. The second kappa shape index (κ2) is 4.81. The predicted octanol–water partition coefficient (Wildman–Crippen LogP) is 2.17. The van der Waals surface area contributed by atoms with Gasteiger partial charge in [-0.05, 0) is 30.2 Å². The van der Waals surface area contributed by atoms with Gasteiger partial charge in [-0.2, -0.15) is 0 Å². The number of ether oxygens (including phenoxy) is 1. The van der Waals surface area contributed by atoms with Gasteiger partial charge in [-0.3, -0.25) is 4.79 Å². The van der Waals surface area contributed by atoms with Crippen LogP contribution in [0.3, 0.4) is 0 Å². The summed E-state index contributed by atoms with van der Waals surface area (Å²) >= 11 is 0. The maximum absolute atomic E-state index is 11.6. The molecule has 1 unspecified atom stereocenters. The van der Waals surface area contributed by atoms with E-state index in [2.05, 4.69) is 5.32 Å². The first-order valence-electron chi connectivity index (χ1n) is 6.79. The lowest BCUT2D eigenvalue weighted by Gasteiger charge is -2.36. The summed E-state index contributed by atoms with van der Waals surface area (Å²) in [6.45, 7) is 0.252. The Balaban J connectivity index is 1.38. The second-order valence-corrected chi connectivity index (χ2v) is 5.77. The van der Waals surface area contributed by atoms with E-state index in [1.165, 1.54) is 0 Å². The van der Waals surface area contributed by atoms with Crippen LogP contribution in [0.4, 0.5) is 4.79 Å². The number of carboxylic acids is 1. The smallest absolute Gasteiger partial charge is 0.407 e. The topological polar surface area (TPSA) is 75.6 Å². The third kappa shape index (κ3) is 2.48. The molecule has 5 heteroatoms. The normalized spacial score (nSPS) is 30.4. The number of hydrogen-bond acceptors (Lipinski definition) is 3. The van der Waals surface area contributed by atoms with E-state index in [-0.39, 0.29) is 24.0 Å². The Morgan fingerprint density at radius 2 is 1.95 bits per heavy atom. The molecule has 2 N–H and O–H groups in total. The highest BCUT2D eigenvalue weighted by Crippen LogP contribution is 2.65. The van der Waals surface area contributed by atoms with Crippen LogP contribution in [-0.2, 0) is 16.1 Å². The van der Waals surface area contributed by atoms with E-state index in [1.54, 1.807) is 0 Å². The Morgan fingerprint density at radius 3 is 2.55 bits per heavy atom. The molecule has 1 aromatic rings. The van der Waals surface area contributed by atoms with Crippen molar-refractivity contribution in [3.8, 4) is 0 Å². The second-order valence-electron chi connectivity index (χ2n) is 5.77. The number of carboxylic acid groups (broad SMARTS) is 1. The van der Waals surface area contributed by atoms with Crippen molar-refractivity contribution in [3.05, 3.63) is 35.9 Å². The molecule has 106 valence electrons. The number of hydrogen-bond donors (Lipinski definition) is 2. The SMILES string of the molecule is O=C(NC1CC2(C1)CC2C(=O)O)OCc1ccccc1. The van der Waals surface area contributed by atoms with Gasteiger partial charge < -0.3 is 15.2 Å². The van der Waals surface area contributed by atoms with Crippen LogP contribution in [-0.4, -0.2) is 23.2 Å². The fourth-order valence-corrected chi connectivity index (χ4v) is 3.10. The van der Waals surface area contributed by atoms with Crippen LogP contribution >= 0.6 is 0 Å². The lowest BCUT2D eigenvalue weighted by atomic mass is 9.75. The zero-order valence-electron chi connectivity index (χ0n) is 11.0. The van der Waals surface area contributed by atoms with E-state index in [0.29, 0.717) is 0 Å². The number of carbonyl (C=O) groups is 2. The molecule has 20 heavy (non-hydrogen) atoms. The predicted molar refractivity (Wildman–Crippen MR) is 71.0 cm³/mol. The molecule has 1 spiro atoms. The number of alkyl carbamates (subject to hydrolysis) is 1. The maximum Gasteiger partial charge on any atom is 0.407 e. The minimum atomic E-state index is -0.713. The van der Waals surface area contributed by atoms with Crippen molar-refractivity contribution >= 4 is 12.1 Å². The van der Waals surface area contributed by atoms with Gasteiger partial charge in [0.25, 0.3) is 0 Å². The van der Waals surface area contributed by atoms with Gasteiger partial charge in [0.05, 0.1) is 5.92 Å². The van der Waals surface area contributed by atoms with Gasteiger partial charge >= 0.3 is 12.1 Å². The molecule has 5 nitrogen and oxygen atoms in total. The molecule has 3 rings (SSSR count). The Labute approximate surface area is 116 Å². The van der Waals surface area contributed by atoms with Crippen LogP contribution < -0.4 is 5.32 Å².